The van der Waals surface area contributed by atoms with Crippen molar-refractivity contribution in [2.75, 3.05) is 0 Å². The average molecular weight is 490 g/mol. The Morgan fingerprint density at radius 1 is 0.400 bits per heavy atom. The number of allylic oxidation sites excluding steroid dienone is 2. The van der Waals surface area contributed by atoms with Crippen molar-refractivity contribution in [2.45, 2.75) is 68.4 Å². The van der Waals surface area contributed by atoms with E-state index in [1.165, 1.54) is 0 Å². The maximum atomic E-state index is 13.2. The van der Waals surface area contributed by atoms with E-state index in [-0.39, 0.29) is 6.08 Å². The molecule has 0 spiro atoms. The van der Waals surface area contributed by atoms with Gasteiger partial charge >= 0.3 is 47.6 Å². The highest BCUT2D eigenvalue weighted by Gasteiger charge is 2.95. The summed E-state index contributed by atoms with van der Waals surface area (Å²) in [5, 5.41) is 0. The molecule has 0 N–H and O–H groups in total. The molecule has 30 heavy (non-hydrogen) atoms. The van der Waals surface area contributed by atoms with E-state index in [1.54, 1.807) is 0 Å². The first kappa shape index (κ1) is 30.7. The maximum Gasteiger partial charge on any atom is 0.460 e. The third-order valence-electron chi connectivity index (χ3n) is 3.12. The Kier molecular flexibility index (Phi) is 8.44. The summed E-state index contributed by atoms with van der Waals surface area (Å²) in [4.78, 5) is 0. The van der Waals surface area contributed by atoms with Crippen molar-refractivity contribution in [3.63, 3.8) is 0 Å². The van der Waals surface area contributed by atoms with Crippen molar-refractivity contribution in [3.05, 3.63) is 12.2 Å². The lowest BCUT2D eigenvalue weighted by atomic mass is 9.89. The molecule has 0 saturated heterocycles. The van der Waals surface area contributed by atoms with Crippen molar-refractivity contribution in [3.8, 4) is 0 Å². The Hall–Kier alpha value is -1.45. The van der Waals surface area contributed by atoms with E-state index < -0.39 is 53.7 Å². The number of rotatable bonds is 7. The first-order valence-corrected chi connectivity index (χ1v) is 7.16. The smallest absolute Gasteiger partial charge is 0.195 e. The van der Waals surface area contributed by atoms with E-state index in [0.29, 0.717) is 6.92 Å². The molecule has 0 aromatic heterocycles. The molecule has 0 heterocycles. The van der Waals surface area contributed by atoms with E-state index >= 15 is 0 Å². The van der Waals surface area contributed by atoms with Crippen LogP contribution in [0.1, 0.15) is 20.8 Å². The molecular weight excluding hydrogens is 479 g/mol. The normalized spacial score (nSPS) is 15.9. The Balaban J connectivity index is 0. The molecule has 0 rings (SSSR count). The van der Waals surface area contributed by atoms with Crippen LogP contribution < -0.4 is 0 Å². The van der Waals surface area contributed by atoms with E-state index in [4.69, 9.17) is 0 Å². The fourth-order valence-corrected chi connectivity index (χ4v) is 1.49. The van der Waals surface area contributed by atoms with Crippen molar-refractivity contribution in [2.24, 2.45) is 0 Å². The first-order chi connectivity index (χ1) is 12.8. The molecule has 182 valence electrons. The van der Waals surface area contributed by atoms with Gasteiger partial charge in [-0.3, -0.25) is 0 Å². The van der Waals surface area contributed by atoms with Crippen LogP contribution in [-0.2, 0) is 0 Å². The zero-order valence-electron chi connectivity index (χ0n) is 14.6. The van der Waals surface area contributed by atoms with E-state index in [0.717, 1.165) is 0 Å². The van der Waals surface area contributed by atoms with Crippen molar-refractivity contribution in [1.29, 1.82) is 0 Å². The highest BCUT2D eigenvalue weighted by atomic mass is 19.4. The molecule has 0 atom stereocenters. The summed E-state index contributed by atoms with van der Waals surface area (Å²) in [6.07, 6.45) is -9.19. The van der Waals surface area contributed by atoms with Gasteiger partial charge in [0.2, 0.25) is 0 Å². The standard InChI is InChI=1S/C11H5F17.C2H6/c1-2-3-4(12,13)5(14,15)6(16,17)7(18,19)8(20,21)9(22,23)10(24,25)11(26,27)28;1-2/h2-3H,1H3;1-2H3. The lowest BCUT2D eigenvalue weighted by Crippen LogP contribution is -2.74. The second-order valence-corrected chi connectivity index (χ2v) is 5.07. The Morgan fingerprint density at radius 2 is 0.633 bits per heavy atom. The summed E-state index contributed by atoms with van der Waals surface area (Å²) >= 11 is 0. The molecule has 0 unspecified atom stereocenters. The van der Waals surface area contributed by atoms with Crippen LogP contribution in [0.4, 0.5) is 74.6 Å². The quantitative estimate of drug-likeness (QED) is 0.255. The third-order valence-corrected chi connectivity index (χ3v) is 3.12. The van der Waals surface area contributed by atoms with Gasteiger partial charge < -0.3 is 0 Å². The summed E-state index contributed by atoms with van der Waals surface area (Å²) in [6.45, 7) is 4.41. The molecule has 0 fully saturated rings. The second-order valence-electron chi connectivity index (χ2n) is 5.07. The third kappa shape index (κ3) is 4.03. The lowest BCUT2D eigenvalue weighted by molar-refractivity contribution is -0.459. The average Bonchev–Trinajstić information content (AvgIpc) is 2.54. The van der Waals surface area contributed by atoms with Crippen LogP contribution in [-0.4, -0.2) is 47.6 Å². The van der Waals surface area contributed by atoms with Gasteiger partial charge in [0.15, 0.2) is 0 Å². The van der Waals surface area contributed by atoms with Crippen LogP contribution in [0.2, 0.25) is 0 Å². The SMILES string of the molecule is CC.CC=CC(F)(F)C(F)(F)C(F)(F)C(F)(F)C(F)(F)C(F)(F)C(F)(F)C(F)(F)F. The Labute approximate surface area is 156 Å². The van der Waals surface area contributed by atoms with Gasteiger partial charge in [-0.1, -0.05) is 19.9 Å². The molecule has 0 nitrogen and oxygen atoms in total. The van der Waals surface area contributed by atoms with Crippen molar-refractivity contribution in [1.82, 2.24) is 0 Å². The highest BCUT2D eigenvalue weighted by Crippen LogP contribution is 2.63. The largest absolute Gasteiger partial charge is 0.460 e. The van der Waals surface area contributed by atoms with Crippen LogP contribution in [0.3, 0.4) is 0 Å². The van der Waals surface area contributed by atoms with Gasteiger partial charge in [-0.2, -0.15) is 74.6 Å². The van der Waals surface area contributed by atoms with Crippen molar-refractivity contribution >= 4 is 0 Å². The lowest BCUT2D eigenvalue weighted by Gasteiger charge is -2.42. The summed E-state index contributed by atoms with van der Waals surface area (Å²) in [6, 6.07) is 0. The molecule has 0 saturated carbocycles. The summed E-state index contributed by atoms with van der Waals surface area (Å²) in [5.41, 5.74) is 0. The predicted octanol–water partition coefficient (Wildman–Crippen LogP) is 7.60. The molecule has 17 heteroatoms. The minimum absolute atomic E-state index is 0.188. The summed E-state index contributed by atoms with van der Waals surface area (Å²) in [7, 11) is 0. The van der Waals surface area contributed by atoms with Gasteiger partial charge in [0.1, 0.15) is 0 Å². The van der Waals surface area contributed by atoms with Crippen molar-refractivity contribution < 1.29 is 74.6 Å². The summed E-state index contributed by atoms with van der Waals surface area (Å²) in [5.74, 6) is -56.0. The number of hydrogen-bond donors (Lipinski definition) is 0. The molecule has 0 aromatic rings. The first-order valence-electron chi connectivity index (χ1n) is 7.16. The van der Waals surface area contributed by atoms with E-state index in [1.807, 2.05) is 13.8 Å². The van der Waals surface area contributed by atoms with Gasteiger partial charge in [0.05, 0.1) is 0 Å². The highest BCUT2D eigenvalue weighted by molar-refractivity contribution is 5.17. The molecule has 0 aliphatic rings. The second kappa shape index (κ2) is 8.24. The predicted molar refractivity (Wildman–Crippen MR) is 66.8 cm³/mol. The Bertz CT molecular complexity index is 595. The van der Waals surface area contributed by atoms with Gasteiger partial charge in [0.25, 0.3) is 0 Å². The minimum Gasteiger partial charge on any atom is -0.195 e. The zero-order chi connectivity index (χ0) is 25.4. The molecule has 0 aliphatic carbocycles. The maximum absolute atomic E-state index is 13.2. The molecule has 0 radical (unpaired) electrons. The number of hydrogen-bond acceptors (Lipinski definition) is 0. The molecule has 0 aliphatic heterocycles. The fourth-order valence-electron chi connectivity index (χ4n) is 1.49. The molecular formula is C13H11F17. The van der Waals surface area contributed by atoms with Crippen LogP contribution >= 0.6 is 0 Å². The Morgan fingerprint density at radius 3 is 0.867 bits per heavy atom. The van der Waals surface area contributed by atoms with E-state index in [2.05, 4.69) is 0 Å². The minimum atomic E-state index is -8.59. The summed E-state index contributed by atoms with van der Waals surface area (Å²) < 4.78 is 217. The van der Waals surface area contributed by atoms with Gasteiger partial charge in [-0.15, -0.1) is 0 Å². The monoisotopic (exact) mass is 490 g/mol. The molecule has 0 aromatic carbocycles. The van der Waals surface area contributed by atoms with Gasteiger partial charge in [-0.05, 0) is 13.0 Å². The van der Waals surface area contributed by atoms with Crippen LogP contribution in [0.25, 0.3) is 0 Å². The van der Waals surface area contributed by atoms with Gasteiger partial charge in [-0.25, -0.2) is 0 Å². The molecule has 0 bridgehead atoms. The van der Waals surface area contributed by atoms with Crippen LogP contribution in [0, 0.1) is 0 Å². The topological polar surface area (TPSA) is 0 Å². The number of halogens is 17. The van der Waals surface area contributed by atoms with Crippen LogP contribution in [0.15, 0.2) is 12.2 Å². The number of alkyl halides is 17. The fraction of sp³-hybridized carbons (Fsp3) is 0.846. The van der Waals surface area contributed by atoms with Crippen LogP contribution in [0.5, 0.6) is 0 Å². The van der Waals surface area contributed by atoms with E-state index in [9.17, 15) is 74.6 Å². The zero-order valence-corrected chi connectivity index (χ0v) is 14.6. The van der Waals surface area contributed by atoms with Gasteiger partial charge in [0, 0.05) is 0 Å². The molecule has 0 amide bonds.